The molecule has 0 radical (unpaired) electrons. The molecule has 0 heterocycles. The van der Waals surface area contributed by atoms with Crippen LogP contribution in [0.3, 0.4) is 0 Å². The first-order valence-electron chi connectivity index (χ1n) is 7.86. The highest BCUT2D eigenvalue weighted by Gasteiger charge is 2.38. The van der Waals surface area contributed by atoms with Gasteiger partial charge in [-0.25, -0.2) is 0 Å². The maximum Gasteiger partial charge on any atom is 0.119 e. The van der Waals surface area contributed by atoms with E-state index < -0.39 is 0 Å². The van der Waals surface area contributed by atoms with Crippen molar-refractivity contribution in [2.45, 2.75) is 50.5 Å². The first kappa shape index (κ1) is 13.9. The van der Waals surface area contributed by atoms with Crippen molar-refractivity contribution in [1.82, 2.24) is 0 Å². The zero-order chi connectivity index (χ0) is 14.0. The van der Waals surface area contributed by atoms with Gasteiger partial charge in [0.25, 0.3) is 0 Å². The number of rotatable bonds is 5. The van der Waals surface area contributed by atoms with Crippen LogP contribution >= 0.6 is 0 Å². The molecule has 20 heavy (non-hydrogen) atoms. The zero-order valence-corrected chi connectivity index (χ0v) is 12.1. The summed E-state index contributed by atoms with van der Waals surface area (Å²) in [5.41, 5.74) is 8.81. The molecule has 3 nitrogen and oxygen atoms in total. The second kappa shape index (κ2) is 5.74. The summed E-state index contributed by atoms with van der Waals surface area (Å²) in [7, 11) is 0. The lowest BCUT2D eigenvalue weighted by molar-refractivity contribution is 0.143. The lowest BCUT2D eigenvalue weighted by atomic mass is 9.87. The molecule has 1 fully saturated rings. The van der Waals surface area contributed by atoms with Gasteiger partial charge in [-0.05, 0) is 67.7 Å². The van der Waals surface area contributed by atoms with Crippen LogP contribution in [0, 0.1) is 5.92 Å². The fourth-order valence-corrected chi connectivity index (χ4v) is 3.77. The van der Waals surface area contributed by atoms with Gasteiger partial charge in [0.05, 0.1) is 13.2 Å². The molecule has 0 saturated heterocycles. The maximum atomic E-state index is 9.45. The molecule has 1 saturated carbocycles. The van der Waals surface area contributed by atoms with Crippen molar-refractivity contribution in [3.8, 4) is 5.75 Å². The summed E-state index contributed by atoms with van der Waals surface area (Å²) in [6.45, 7) is 0.791. The standard InChI is InChI=1S/C17H25NO2/c18-17(12-19)9-2-5-15(17)8-10-20-16-7-6-13-3-1-4-14(13)11-16/h6-7,11,15,19H,1-5,8-10,12,18H2. The molecule has 2 unspecified atom stereocenters. The van der Waals surface area contributed by atoms with Crippen LogP contribution in [0.5, 0.6) is 5.75 Å². The SMILES string of the molecule is NC1(CO)CCCC1CCOc1ccc2c(c1)CCC2. The number of hydrogen-bond acceptors (Lipinski definition) is 3. The van der Waals surface area contributed by atoms with Crippen LogP contribution in [0.25, 0.3) is 0 Å². The number of benzene rings is 1. The van der Waals surface area contributed by atoms with Gasteiger partial charge in [-0.3, -0.25) is 0 Å². The molecule has 1 aromatic rings. The quantitative estimate of drug-likeness (QED) is 0.868. The fraction of sp³-hybridized carbons (Fsp3) is 0.647. The first-order chi connectivity index (χ1) is 9.71. The molecule has 2 atom stereocenters. The third-order valence-electron chi connectivity index (χ3n) is 5.11. The van der Waals surface area contributed by atoms with Crippen LogP contribution in [0.1, 0.15) is 43.2 Å². The van der Waals surface area contributed by atoms with E-state index in [9.17, 15) is 5.11 Å². The number of fused-ring (bicyclic) bond motifs is 1. The molecule has 0 aromatic heterocycles. The van der Waals surface area contributed by atoms with Gasteiger partial charge >= 0.3 is 0 Å². The predicted octanol–water partition coefficient (Wildman–Crippen LogP) is 2.43. The largest absolute Gasteiger partial charge is 0.494 e. The minimum Gasteiger partial charge on any atom is -0.494 e. The van der Waals surface area contributed by atoms with E-state index >= 15 is 0 Å². The molecular weight excluding hydrogens is 250 g/mol. The number of aliphatic hydroxyl groups excluding tert-OH is 1. The van der Waals surface area contributed by atoms with Gasteiger partial charge < -0.3 is 15.6 Å². The van der Waals surface area contributed by atoms with Gasteiger partial charge in [0.15, 0.2) is 0 Å². The molecule has 110 valence electrons. The van der Waals surface area contributed by atoms with Crippen LogP contribution < -0.4 is 10.5 Å². The zero-order valence-electron chi connectivity index (χ0n) is 12.1. The second-order valence-electron chi connectivity index (χ2n) is 6.40. The van der Waals surface area contributed by atoms with Crippen molar-refractivity contribution in [3.05, 3.63) is 29.3 Å². The molecule has 0 aliphatic heterocycles. The smallest absolute Gasteiger partial charge is 0.119 e. The minimum atomic E-state index is -0.374. The van der Waals surface area contributed by atoms with Gasteiger partial charge in [-0.2, -0.15) is 0 Å². The summed E-state index contributed by atoms with van der Waals surface area (Å²) in [5.74, 6) is 1.37. The number of aliphatic hydroxyl groups is 1. The molecular formula is C17H25NO2. The van der Waals surface area contributed by atoms with Crippen LogP contribution in [0.4, 0.5) is 0 Å². The Morgan fingerprint density at radius 1 is 1.25 bits per heavy atom. The number of ether oxygens (including phenoxy) is 1. The average Bonchev–Trinajstić information content (AvgIpc) is 3.06. The van der Waals surface area contributed by atoms with Gasteiger partial charge in [0.1, 0.15) is 5.75 Å². The minimum absolute atomic E-state index is 0.0938. The summed E-state index contributed by atoms with van der Waals surface area (Å²) in [6, 6.07) is 6.48. The van der Waals surface area contributed by atoms with Gasteiger partial charge in [-0.15, -0.1) is 0 Å². The molecule has 3 heteroatoms. The Morgan fingerprint density at radius 3 is 2.95 bits per heavy atom. The Balaban J connectivity index is 1.53. The van der Waals surface area contributed by atoms with Crippen molar-refractivity contribution in [2.75, 3.05) is 13.2 Å². The molecule has 1 aromatic carbocycles. The Labute approximate surface area is 121 Å². The van der Waals surface area contributed by atoms with Crippen LogP contribution in [0.15, 0.2) is 18.2 Å². The number of hydrogen-bond donors (Lipinski definition) is 2. The lowest BCUT2D eigenvalue weighted by Crippen LogP contribution is -2.47. The first-order valence-corrected chi connectivity index (χ1v) is 7.86. The monoisotopic (exact) mass is 275 g/mol. The highest BCUT2D eigenvalue weighted by Crippen LogP contribution is 2.35. The second-order valence-corrected chi connectivity index (χ2v) is 6.40. The fourth-order valence-electron chi connectivity index (χ4n) is 3.77. The van der Waals surface area contributed by atoms with E-state index in [0.717, 1.165) is 31.4 Å². The average molecular weight is 275 g/mol. The predicted molar refractivity (Wildman–Crippen MR) is 79.9 cm³/mol. The van der Waals surface area contributed by atoms with Gasteiger partial charge in [-0.1, -0.05) is 12.5 Å². The summed E-state index contributed by atoms with van der Waals surface area (Å²) >= 11 is 0. The summed E-state index contributed by atoms with van der Waals surface area (Å²) in [5, 5.41) is 9.45. The number of aryl methyl sites for hydroxylation is 2. The Hall–Kier alpha value is -1.06. The van der Waals surface area contributed by atoms with Crippen LogP contribution in [-0.2, 0) is 12.8 Å². The van der Waals surface area contributed by atoms with E-state index in [1.54, 1.807) is 0 Å². The molecule has 0 spiro atoms. The van der Waals surface area contributed by atoms with Crippen molar-refractivity contribution >= 4 is 0 Å². The van der Waals surface area contributed by atoms with Crippen molar-refractivity contribution in [2.24, 2.45) is 11.7 Å². The summed E-state index contributed by atoms with van der Waals surface area (Å²) in [4.78, 5) is 0. The summed E-state index contributed by atoms with van der Waals surface area (Å²) < 4.78 is 5.89. The number of nitrogens with two attached hydrogens (primary N) is 1. The Morgan fingerprint density at radius 2 is 2.10 bits per heavy atom. The normalized spacial score (nSPS) is 28.6. The third-order valence-corrected chi connectivity index (χ3v) is 5.11. The van der Waals surface area contributed by atoms with E-state index in [-0.39, 0.29) is 12.1 Å². The molecule has 3 N–H and O–H groups in total. The van der Waals surface area contributed by atoms with Crippen molar-refractivity contribution < 1.29 is 9.84 Å². The van der Waals surface area contributed by atoms with E-state index in [4.69, 9.17) is 10.5 Å². The molecule has 2 aliphatic rings. The molecule has 0 amide bonds. The van der Waals surface area contributed by atoms with Crippen molar-refractivity contribution in [3.63, 3.8) is 0 Å². The Bertz CT molecular complexity index is 474. The van der Waals surface area contributed by atoms with E-state index in [2.05, 4.69) is 18.2 Å². The van der Waals surface area contributed by atoms with E-state index in [1.807, 2.05) is 0 Å². The summed E-state index contributed by atoms with van der Waals surface area (Å²) in [6.07, 6.45) is 7.79. The Kier molecular flexibility index (Phi) is 3.99. The van der Waals surface area contributed by atoms with E-state index in [1.165, 1.54) is 30.4 Å². The van der Waals surface area contributed by atoms with Crippen LogP contribution in [0.2, 0.25) is 0 Å². The maximum absolute atomic E-state index is 9.45. The molecule has 3 rings (SSSR count). The topological polar surface area (TPSA) is 55.5 Å². The van der Waals surface area contributed by atoms with Gasteiger partial charge in [0.2, 0.25) is 0 Å². The lowest BCUT2D eigenvalue weighted by Gasteiger charge is -2.29. The molecule has 2 aliphatic carbocycles. The van der Waals surface area contributed by atoms with Crippen LogP contribution in [-0.4, -0.2) is 23.9 Å². The van der Waals surface area contributed by atoms with Crippen molar-refractivity contribution in [1.29, 1.82) is 0 Å². The highest BCUT2D eigenvalue weighted by molar-refractivity contribution is 5.38. The van der Waals surface area contributed by atoms with Gasteiger partial charge in [0, 0.05) is 5.54 Å². The van der Waals surface area contributed by atoms with E-state index in [0.29, 0.717) is 12.5 Å². The molecule has 0 bridgehead atoms. The highest BCUT2D eigenvalue weighted by atomic mass is 16.5. The third kappa shape index (κ3) is 2.70.